The molecule has 0 saturated carbocycles. The summed E-state index contributed by atoms with van der Waals surface area (Å²) in [5.74, 6) is 1.33. The third-order valence-corrected chi connectivity index (χ3v) is 6.68. The maximum absolute atomic E-state index is 9.55. The molecule has 0 aliphatic carbocycles. The number of aromatic nitrogens is 3. The number of hydrogen-bond donors (Lipinski definition) is 4. The average Bonchev–Trinajstić information content (AvgIpc) is 3.18. The number of nitrogen functional groups attached to an aromatic ring is 2. The van der Waals surface area contributed by atoms with Crippen LogP contribution < -0.4 is 16.2 Å². The van der Waals surface area contributed by atoms with Gasteiger partial charge in [-0.1, -0.05) is 50.5 Å². The van der Waals surface area contributed by atoms with Crippen LogP contribution in [-0.2, 0) is 13.1 Å². The number of hydrogen-bond acceptors (Lipinski definition) is 8. The van der Waals surface area contributed by atoms with Gasteiger partial charge in [0.2, 0.25) is 5.95 Å². The zero-order chi connectivity index (χ0) is 26.4. The minimum absolute atomic E-state index is 0.166. The summed E-state index contributed by atoms with van der Waals surface area (Å²) in [4.78, 5) is 10.9. The van der Waals surface area contributed by atoms with Crippen LogP contribution in [0.5, 0.6) is 5.75 Å². The van der Waals surface area contributed by atoms with Crippen molar-refractivity contribution in [3.05, 3.63) is 53.6 Å². The number of fused-ring (bicyclic) bond motifs is 3. The average molecular weight is 507 g/mol. The maximum Gasteiger partial charge on any atom is 0.222 e. The standard InChI is InChI=1S/C22H24N6O2.C6H14O/c1-30-18-7-6-13(9-27-11-15(29)12-27)8-14(18)10-28-17-5-3-2-4-16(17)19-20(28)21(23)26-22(24)25-19;1-2-3-4-5-6-7/h2-8,15,29H,9-12H2,1H3,(H4,23,24,25,26);7H,2-6H2,1H3. The van der Waals surface area contributed by atoms with Gasteiger partial charge in [0, 0.05) is 37.2 Å². The van der Waals surface area contributed by atoms with E-state index >= 15 is 0 Å². The highest BCUT2D eigenvalue weighted by atomic mass is 16.5. The summed E-state index contributed by atoms with van der Waals surface area (Å²) < 4.78 is 7.76. The van der Waals surface area contributed by atoms with Gasteiger partial charge in [-0.25, -0.2) is 4.98 Å². The molecule has 1 aliphatic heterocycles. The van der Waals surface area contributed by atoms with Crippen molar-refractivity contribution in [2.24, 2.45) is 0 Å². The molecule has 1 saturated heterocycles. The van der Waals surface area contributed by atoms with Crippen LogP contribution in [0.15, 0.2) is 42.5 Å². The van der Waals surface area contributed by atoms with Crippen molar-refractivity contribution in [2.45, 2.75) is 51.8 Å². The van der Waals surface area contributed by atoms with Gasteiger partial charge in [0.25, 0.3) is 0 Å². The quantitative estimate of drug-likeness (QED) is 0.253. The molecule has 3 heterocycles. The number of likely N-dealkylation sites (tertiary alicyclic amines) is 1. The molecule has 37 heavy (non-hydrogen) atoms. The summed E-state index contributed by atoms with van der Waals surface area (Å²) in [7, 11) is 1.67. The van der Waals surface area contributed by atoms with Gasteiger partial charge < -0.3 is 31.0 Å². The predicted octanol–water partition coefficient (Wildman–Crippen LogP) is 3.54. The van der Waals surface area contributed by atoms with Crippen LogP contribution in [0.25, 0.3) is 21.9 Å². The molecule has 0 unspecified atom stereocenters. The largest absolute Gasteiger partial charge is 0.496 e. The molecule has 1 aliphatic rings. The smallest absolute Gasteiger partial charge is 0.222 e. The number of β-amino-alcohol motifs (C(OH)–C–C–N with tert-alkyl or cyclic N) is 1. The van der Waals surface area contributed by atoms with Crippen LogP contribution in [0, 0.1) is 0 Å². The SMILES string of the molecule is CCCCCCO.COc1ccc(CN2CC(O)C2)cc1Cn1c2ccccc2c2nc(N)nc(N)c21. The Morgan fingerprint density at radius 3 is 2.51 bits per heavy atom. The molecule has 5 rings (SSSR count). The Balaban J connectivity index is 0.000000405. The number of nitrogens with two attached hydrogens (primary N) is 2. The van der Waals surface area contributed by atoms with Crippen LogP contribution in [0.2, 0.25) is 0 Å². The number of methoxy groups -OCH3 is 1. The first kappa shape index (κ1) is 26.7. The van der Waals surface area contributed by atoms with Gasteiger partial charge in [-0.15, -0.1) is 0 Å². The van der Waals surface area contributed by atoms with E-state index in [4.69, 9.17) is 21.3 Å². The molecule has 0 bridgehead atoms. The lowest BCUT2D eigenvalue weighted by Gasteiger charge is -2.35. The fraction of sp³-hybridized carbons (Fsp3) is 0.429. The van der Waals surface area contributed by atoms with Gasteiger partial charge in [0.15, 0.2) is 5.82 Å². The second-order valence-corrected chi connectivity index (χ2v) is 9.55. The van der Waals surface area contributed by atoms with E-state index in [1.54, 1.807) is 7.11 Å². The third-order valence-electron chi connectivity index (χ3n) is 6.68. The first-order valence-corrected chi connectivity index (χ1v) is 12.9. The number of anilines is 2. The van der Waals surface area contributed by atoms with Gasteiger partial charge in [-0.05, 0) is 30.2 Å². The summed E-state index contributed by atoms with van der Waals surface area (Å²) in [6.45, 7) is 5.30. The van der Waals surface area contributed by atoms with Crippen LogP contribution in [-0.4, -0.2) is 62.6 Å². The predicted molar refractivity (Wildman–Crippen MR) is 148 cm³/mol. The molecular formula is C28H38N6O3. The second kappa shape index (κ2) is 12.2. The van der Waals surface area contributed by atoms with Crippen molar-refractivity contribution in [2.75, 3.05) is 38.3 Å². The van der Waals surface area contributed by atoms with Crippen molar-refractivity contribution >= 4 is 33.7 Å². The van der Waals surface area contributed by atoms with Gasteiger partial charge >= 0.3 is 0 Å². The van der Waals surface area contributed by atoms with E-state index in [2.05, 4.69) is 38.5 Å². The highest BCUT2D eigenvalue weighted by molar-refractivity contribution is 6.09. The molecule has 2 aromatic carbocycles. The van der Waals surface area contributed by atoms with Gasteiger partial charge in [-0.2, -0.15) is 4.98 Å². The highest BCUT2D eigenvalue weighted by Crippen LogP contribution is 2.33. The lowest BCUT2D eigenvalue weighted by atomic mass is 10.1. The number of unbranched alkanes of at least 4 members (excludes halogenated alkanes) is 3. The Kier molecular flexibility index (Phi) is 8.81. The molecule has 0 atom stereocenters. The van der Waals surface area contributed by atoms with Crippen molar-refractivity contribution in [1.29, 1.82) is 0 Å². The van der Waals surface area contributed by atoms with E-state index in [9.17, 15) is 5.11 Å². The number of para-hydroxylation sites is 1. The van der Waals surface area contributed by atoms with Crippen LogP contribution in [0.1, 0.15) is 43.7 Å². The molecule has 0 amide bonds. The van der Waals surface area contributed by atoms with Crippen molar-refractivity contribution in [3.8, 4) is 5.75 Å². The monoisotopic (exact) mass is 506 g/mol. The Morgan fingerprint density at radius 2 is 1.81 bits per heavy atom. The van der Waals surface area contributed by atoms with Gasteiger partial charge in [0.05, 0.1) is 25.3 Å². The normalized spacial score (nSPS) is 13.9. The van der Waals surface area contributed by atoms with E-state index < -0.39 is 0 Å². The topological polar surface area (TPSA) is 136 Å². The molecule has 9 heteroatoms. The van der Waals surface area contributed by atoms with E-state index in [-0.39, 0.29) is 12.1 Å². The molecule has 2 aromatic heterocycles. The molecule has 198 valence electrons. The van der Waals surface area contributed by atoms with Crippen LogP contribution in [0.4, 0.5) is 11.8 Å². The van der Waals surface area contributed by atoms with Crippen LogP contribution >= 0.6 is 0 Å². The Bertz CT molecular complexity index is 1330. The highest BCUT2D eigenvalue weighted by Gasteiger charge is 2.24. The number of aliphatic hydroxyl groups is 2. The number of nitrogens with zero attached hydrogens (tertiary/aromatic N) is 4. The number of rotatable bonds is 9. The summed E-state index contributed by atoms with van der Waals surface area (Å²) in [5, 5.41) is 18.8. The zero-order valence-electron chi connectivity index (χ0n) is 21.7. The van der Waals surface area contributed by atoms with Gasteiger partial charge in [0.1, 0.15) is 16.8 Å². The summed E-state index contributed by atoms with van der Waals surface area (Å²) in [5.41, 5.74) is 16.9. The summed E-state index contributed by atoms with van der Waals surface area (Å²) in [6, 6.07) is 14.2. The van der Waals surface area contributed by atoms with E-state index in [0.29, 0.717) is 32.1 Å². The number of aliphatic hydroxyl groups excluding tert-OH is 2. The molecule has 6 N–H and O–H groups in total. The maximum atomic E-state index is 9.55. The summed E-state index contributed by atoms with van der Waals surface area (Å²) in [6.07, 6.45) is 4.47. The van der Waals surface area contributed by atoms with Gasteiger partial charge in [-0.3, -0.25) is 4.90 Å². The molecule has 0 spiro atoms. The minimum Gasteiger partial charge on any atom is -0.496 e. The molecule has 1 fully saturated rings. The fourth-order valence-corrected chi connectivity index (χ4v) is 4.83. The first-order valence-electron chi connectivity index (χ1n) is 12.9. The second-order valence-electron chi connectivity index (χ2n) is 9.55. The number of ether oxygens (including phenoxy) is 1. The Labute approximate surface area is 217 Å². The fourth-order valence-electron chi connectivity index (χ4n) is 4.83. The Morgan fingerprint density at radius 1 is 1.03 bits per heavy atom. The van der Waals surface area contributed by atoms with Crippen molar-refractivity contribution < 1.29 is 14.9 Å². The summed E-state index contributed by atoms with van der Waals surface area (Å²) >= 11 is 0. The van der Waals surface area contributed by atoms with E-state index in [0.717, 1.165) is 46.2 Å². The van der Waals surface area contributed by atoms with Crippen molar-refractivity contribution in [3.63, 3.8) is 0 Å². The molecular weight excluding hydrogens is 468 g/mol. The lowest BCUT2D eigenvalue weighted by Crippen LogP contribution is -2.49. The molecule has 0 radical (unpaired) electrons. The molecule has 4 aromatic rings. The lowest BCUT2D eigenvalue weighted by molar-refractivity contribution is -0.00288. The minimum atomic E-state index is -0.212. The van der Waals surface area contributed by atoms with Crippen LogP contribution in [0.3, 0.4) is 0 Å². The van der Waals surface area contributed by atoms with Crippen molar-refractivity contribution in [1.82, 2.24) is 19.4 Å². The first-order chi connectivity index (χ1) is 17.9. The van der Waals surface area contributed by atoms with E-state index in [1.165, 1.54) is 24.8 Å². The number of benzene rings is 2. The van der Waals surface area contributed by atoms with E-state index in [1.807, 2.05) is 30.3 Å². The molecule has 9 nitrogen and oxygen atoms in total. The third kappa shape index (κ3) is 6.12. The zero-order valence-corrected chi connectivity index (χ0v) is 21.7. The Hall–Kier alpha value is -3.40.